The summed E-state index contributed by atoms with van der Waals surface area (Å²) >= 11 is 3.28. The van der Waals surface area contributed by atoms with E-state index in [1.54, 1.807) is 30.3 Å². The molecule has 0 aliphatic carbocycles. The smallest absolute Gasteiger partial charge is 0.303 e. The van der Waals surface area contributed by atoms with Crippen molar-refractivity contribution in [2.45, 2.75) is 18.9 Å². The zero-order chi connectivity index (χ0) is 21.1. The molecule has 8 heteroatoms. The Labute approximate surface area is 174 Å². The van der Waals surface area contributed by atoms with E-state index in [4.69, 9.17) is 5.11 Å². The highest BCUT2D eigenvalue weighted by Gasteiger charge is 2.46. The molecule has 0 radical (unpaired) electrons. The van der Waals surface area contributed by atoms with Gasteiger partial charge in [-0.05, 0) is 24.6 Å². The standard InChI is InChI=1S/C21H17BrFNO5/c22-13-9-7-12(8-10-13)19(27)17-18(14-4-1-2-5-15(14)23)24(21(29)20(17)28)11-3-6-16(25)26/h1-2,4-5,7-10,18,27H,3,6,11H2,(H,25,26)/b19-17+. The molecule has 2 aromatic rings. The molecule has 150 valence electrons. The number of aliphatic hydroxyl groups excluding tert-OH is 1. The van der Waals surface area contributed by atoms with Crippen molar-refractivity contribution in [2.24, 2.45) is 0 Å². The monoisotopic (exact) mass is 461 g/mol. The van der Waals surface area contributed by atoms with E-state index in [0.717, 1.165) is 9.37 Å². The van der Waals surface area contributed by atoms with Gasteiger partial charge in [0.2, 0.25) is 0 Å². The lowest BCUT2D eigenvalue weighted by molar-refractivity contribution is -0.140. The van der Waals surface area contributed by atoms with Gasteiger partial charge in [-0.15, -0.1) is 0 Å². The summed E-state index contributed by atoms with van der Waals surface area (Å²) in [7, 11) is 0. The first-order chi connectivity index (χ1) is 13.8. The van der Waals surface area contributed by atoms with Gasteiger partial charge in [-0.25, -0.2) is 4.39 Å². The van der Waals surface area contributed by atoms with Crippen LogP contribution < -0.4 is 0 Å². The van der Waals surface area contributed by atoms with Crippen molar-refractivity contribution in [1.82, 2.24) is 4.90 Å². The van der Waals surface area contributed by atoms with E-state index < -0.39 is 35.3 Å². The number of halogens is 2. The van der Waals surface area contributed by atoms with Gasteiger partial charge in [-0.2, -0.15) is 0 Å². The number of carboxylic acids is 1. The topological polar surface area (TPSA) is 94.9 Å². The molecule has 0 saturated carbocycles. The highest BCUT2D eigenvalue weighted by Crippen LogP contribution is 2.40. The van der Waals surface area contributed by atoms with E-state index >= 15 is 0 Å². The minimum absolute atomic E-state index is 0.0562. The van der Waals surface area contributed by atoms with Gasteiger partial charge in [0, 0.05) is 28.6 Å². The Hall–Kier alpha value is -3.00. The van der Waals surface area contributed by atoms with Gasteiger partial charge < -0.3 is 15.1 Å². The molecule has 6 nitrogen and oxygen atoms in total. The molecule has 1 fully saturated rings. The van der Waals surface area contributed by atoms with E-state index in [0.29, 0.717) is 5.56 Å². The number of hydrogen-bond donors (Lipinski definition) is 2. The summed E-state index contributed by atoms with van der Waals surface area (Å²) in [6.07, 6.45) is -0.120. The van der Waals surface area contributed by atoms with Crippen molar-refractivity contribution in [3.63, 3.8) is 0 Å². The quantitative estimate of drug-likeness (QED) is 0.386. The highest BCUT2D eigenvalue weighted by molar-refractivity contribution is 9.10. The predicted octanol–water partition coefficient (Wildman–Crippen LogP) is 3.87. The Morgan fingerprint density at radius 2 is 1.72 bits per heavy atom. The van der Waals surface area contributed by atoms with Gasteiger partial charge >= 0.3 is 5.97 Å². The third kappa shape index (κ3) is 4.22. The molecule has 3 rings (SSSR count). The average Bonchev–Trinajstić information content (AvgIpc) is 2.93. The Morgan fingerprint density at radius 3 is 2.34 bits per heavy atom. The maximum atomic E-state index is 14.6. The van der Waals surface area contributed by atoms with Crippen molar-refractivity contribution >= 4 is 39.3 Å². The molecule has 2 aromatic carbocycles. The number of aliphatic carboxylic acids is 1. The minimum Gasteiger partial charge on any atom is -0.507 e. The first kappa shape index (κ1) is 20.7. The Kier molecular flexibility index (Phi) is 6.12. The summed E-state index contributed by atoms with van der Waals surface area (Å²) in [4.78, 5) is 37.3. The van der Waals surface area contributed by atoms with Crippen LogP contribution in [-0.4, -0.2) is 39.3 Å². The fourth-order valence-corrected chi connectivity index (χ4v) is 3.56. The van der Waals surface area contributed by atoms with Crippen LogP contribution in [-0.2, 0) is 14.4 Å². The number of aliphatic hydroxyl groups is 1. The number of amides is 1. The van der Waals surface area contributed by atoms with Crippen LogP contribution in [0.5, 0.6) is 0 Å². The van der Waals surface area contributed by atoms with Gasteiger partial charge in [0.05, 0.1) is 11.6 Å². The third-order valence-corrected chi connectivity index (χ3v) is 5.18. The number of likely N-dealkylation sites (tertiary alicyclic amines) is 1. The molecule has 1 unspecified atom stereocenters. The van der Waals surface area contributed by atoms with Crippen LogP contribution in [0.4, 0.5) is 4.39 Å². The van der Waals surface area contributed by atoms with E-state index in [9.17, 15) is 23.9 Å². The van der Waals surface area contributed by atoms with Crippen molar-refractivity contribution in [3.05, 3.63) is 75.5 Å². The summed E-state index contributed by atoms with van der Waals surface area (Å²) < 4.78 is 15.3. The van der Waals surface area contributed by atoms with E-state index in [-0.39, 0.29) is 30.5 Å². The van der Waals surface area contributed by atoms with Crippen LogP contribution in [0.25, 0.3) is 5.76 Å². The fourth-order valence-electron chi connectivity index (χ4n) is 3.29. The number of hydrogen-bond acceptors (Lipinski definition) is 4. The van der Waals surface area contributed by atoms with Crippen LogP contribution in [0, 0.1) is 5.82 Å². The van der Waals surface area contributed by atoms with Crippen LogP contribution in [0.3, 0.4) is 0 Å². The SMILES string of the molecule is O=C(O)CCCN1C(=O)C(=O)/C(=C(/O)c2ccc(Br)cc2)C1c1ccccc1F. The molecule has 1 saturated heterocycles. The second-order valence-corrected chi connectivity index (χ2v) is 7.43. The summed E-state index contributed by atoms with van der Waals surface area (Å²) in [5.41, 5.74) is 0.136. The van der Waals surface area contributed by atoms with Gasteiger partial charge in [0.1, 0.15) is 11.6 Å². The second-order valence-electron chi connectivity index (χ2n) is 6.52. The number of benzene rings is 2. The summed E-state index contributed by atoms with van der Waals surface area (Å²) in [6, 6.07) is 11.0. The number of ketones is 1. The maximum absolute atomic E-state index is 14.6. The van der Waals surface area contributed by atoms with Crippen molar-refractivity contribution in [2.75, 3.05) is 6.54 Å². The predicted molar refractivity (Wildman–Crippen MR) is 106 cm³/mol. The van der Waals surface area contributed by atoms with Gasteiger partial charge in [-0.3, -0.25) is 14.4 Å². The van der Waals surface area contributed by atoms with Crippen molar-refractivity contribution in [3.8, 4) is 0 Å². The lowest BCUT2D eigenvalue weighted by atomic mass is 9.95. The average molecular weight is 462 g/mol. The van der Waals surface area contributed by atoms with Crippen LogP contribution >= 0.6 is 15.9 Å². The molecule has 1 heterocycles. The zero-order valence-corrected chi connectivity index (χ0v) is 16.7. The summed E-state index contributed by atoms with van der Waals surface area (Å²) in [5, 5.41) is 19.7. The first-order valence-electron chi connectivity index (χ1n) is 8.82. The van der Waals surface area contributed by atoms with Gasteiger partial charge in [0.25, 0.3) is 11.7 Å². The summed E-state index contributed by atoms with van der Waals surface area (Å²) in [5.74, 6) is -3.93. The van der Waals surface area contributed by atoms with Gasteiger partial charge in [-0.1, -0.05) is 46.3 Å². The van der Waals surface area contributed by atoms with Gasteiger partial charge in [0.15, 0.2) is 0 Å². The third-order valence-electron chi connectivity index (χ3n) is 4.65. The van der Waals surface area contributed by atoms with Crippen LogP contribution in [0.15, 0.2) is 58.6 Å². The van der Waals surface area contributed by atoms with E-state index in [1.807, 2.05) is 0 Å². The fraction of sp³-hybridized carbons (Fsp3) is 0.190. The first-order valence-corrected chi connectivity index (χ1v) is 9.61. The van der Waals surface area contributed by atoms with E-state index in [2.05, 4.69) is 15.9 Å². The van der Waals surface area contributed by atoms with Crippen LogP contribution in [0.1, 0.15) is 30.0 Å². The molecule has 1 amide bonds. The molecular weight excluding hydrogens is 445 g/mol. The molecule has 1 aliphatic heterocycles. The molecule has 0 bridgehead atoms. The number of carbonyl (C=O) groups excluding carboxylic acids is 2. The lowest BCUT2D eigenvalue weighted by Crippen LogP contribution is -2.31. The molecule has 0 spiro atoms. The molecule has 2 N–H and O–H groups in total. The molecule has 1 aliphatic rings. The summed E-state index contributed by atoms with van der Waals surface area (Å²) in [6.45, 7) is -0.0625. The number of nitrogens with zero attached hydrogens (tertiary/aromatic N) is 1. The lowest BCUT2D eigenvalue weighted by Gasteiger charge is -2.25. The Morgan fingerprint density at radius 1 is 1.07 bits per heavy atom. The molecule has 1 atom stereocenters. The normalized spacial score (nSPS) is 18.3. The number of rotatable bonds is 6. The maximum Gasteiger partial charge on any atom is 0.303 e. The number of Topliss-reactive ketones (excluding diaryl/α,β-unsaturated/α-hetero) is 1. The van der Waals surface area contributed by atoms with E-state index in [1.165, 1.54) is 18.2 Å². The molecule has 29 heavy (non-hydrogen) atoms. The minimum atomic E-state index is -1.14. The van der Waals surface area contributed by atoms with Crippen LogP contribution in [0.2, 0.25) is 0 Å². The second kappa shape index (κ2) is 8.57. The highest BCUT2D eigenvalue weighted by atomic mass is 79.9. The largest absolute Gasteiger partial charge is 0.507 e. The number of carbonyl (C=O) groups is 3. The molecular formula is C21H17BrFNO5. The zero-order valence-electron chi connectivity index (χ0n) is 15.1. The Bertz CT molecular complexity index is 1000. The molecule has 0 aromatic heterocycles. The van der Waals surface area contributed by atoms with Crippen molar-refractivity contribution < 1.29 is 29.0 Å². The number of carboxylic acid groups (broad SMARTS) is 1. The van der Waals surface area contributed by atoms with Crippen molar-refractivity contribution in [1.29, 1.82) is 0 Å². The Balaban J connectivity index is 2.12.